The van der Waals surface area contributed by atoms with Gasteiger partial charge in [0.25, 0.3) is 11.8 Å². The van der Waals surface area contributed by atoms with Gasteiger partial charge in [-0.15, -0.1) is 0 Å². The zero-order chi connectivity index (χ0) is 29.3. The first-order valence-electron chi connectivity index (χ1n) is 12.9. The zero-order valence-electron chi connectivity index (χ0n) is 23.0. The first kappa shape index (κ1) is 27.3. The molecule has 0 bridgehead atoms. The maximum Gasteiger partial charge on any atom is 0.338 e. The average molecular weight is 550 g/mol. The van der Waals surface area contributed by atoms with Crippen molar-refractivity contribution in [2.75, 3.05) is 12.0 Å². The highest BCUT2D eigenvalue weighted by Gasteiger charge is 2.37. The Morgan fingerprint density at radius 3 is 2.05 bits per heavy atom. The summed E-state index contributed by atoms with van der Waals surface area (Å²) < 4.78 is 16.5. The van der Waals surface area contributed by atoms with Crippen molar-refractivity contribution < 1.29 is 33.4 Å². The fourth-order valence-corrected chi connectivity index (χ4v) is 4.48. The number of fused-ring (bicyclic) bond motifs is 1. The highest BCUT2D eigenvalue weighted by molar-refractivity contribution is 6.34. The van der Waals surface area contributed by atoms with Crippen LogP contribution in [0.4, 0.5) is 5.69 Å². The minimum atomic E-state index is -1.07. The lowest BCUT2D eigenvalue weighted by molar-refractivity contribution is 0.0318. The fourth-order valence-electron chi connectivity index (χ4n) is 4.48. The molecule has 1 aliphatic rings. The number of methoxy groups -OCH3 is 1. The molecule has 0 spiro atoms. The van der Waals surface area contributed by atoms with E-state index >= 15 is 0 Å². The quantitative estimate of drug-likeness (QED) is 0.144. The van der Waals surface area contributed by atoms with Gasteiger partial charge in [0.2, 0.25) is 5.78 Å². The molecule has 1 atom stereocenters. The summed E-state index contributed by atoms with van der Waals surface area (Å²) >= 11 is 0. The number of nitrogens with zero attached hydrogens (tertiary/aromatic N) is 1. The molecule has 0 saturated heterocycles. The summed E-state index contributed by atoms with van der Waals surface area (Å²) in [6.07, 6.45) is -1.07. The summed E-state index contributed by atoms with van der Waals surface area (Å²) in [4.78, 5) is 53.0. The first-order valence-corrected chi connectivity index (χ1v) is 12.9. The highest BCUT2D eigenvalue weighted by Crippen LogP contribution is 2.32. The van der Waals surface area contributed by atoms with Crippen molar-refractivity contribution in [2.45, 2.75) is 26.9 Å². The van der Waals surface area contributed by atoms with E-state index in [0.717, 1.165) is 21.8 Å². The Morgan fingerprint density at radius 2 is 1.37 bits per heavy atom. The maximum atomic E-state index is 13.3. The van der Waals surface area contributed by atoms with Gasteiger partial charge in [-0.3, -0.25) is 14.4 Å². The minimum Gasteiger partial charge on any atom is -0.497 e. The van der Waals surface area contributed by atoms with Crippen LogP contribution in [0.15, 0.2) is 84.9 Å². The summed E-state index contributed by atoms with van der Waals surface area (Å²) in [7, 11) is 1.52. The van der Waals surface area contributed by atoms with Crippen molar-refractivity contribution in [3.05, 3.63) is 118 Å². The number of esters is 1. The molecule has 0 radical (unpaired) electrons. The summed E-state index contributed by atoms with van der Waals surface area (Å²) in [6.45, 7) is 5.40. The molecule has 0 N–H and O–H groups in total. The van der Waals surface area contributed by atoms with Crippen molar-refractivity contribution in [3.63, 3.8) is 0 Å². The second kappa shape index (κ2) is 11.1. The fraction of sp³-hybridized carbons (Fsp3) is 0.152. The normalized spacial score (nSPS) is 13.0. The molecule has 4 aromatic carbocycles. The Kier molecular flexibility index (Phi) is 7.40. The molecule has 1 unspecified atom stereocenters. The minimum absolute atomic E-state index is 0.0541. The molecule has 0 aliphatic carbocycles. The maximum absolute atomic E-state index is 13.3. The number of hydrogen-bond acceptors (Lipinski definition) is 7. The molecule has 1 heterocycles. The molecule has 8 heteroatoms. The lowest BCUT2D eigenvalue weighted by atomic mass is 10.1. The van der Waals surface area contributed by atoms with Crippen LogP contribution < -0.4 is 14.4 Å². The summed E-state index contributed by atoms with van der Waals surface area (Å²) in [5.74, 6) is -0.362. The molecule has 1 aliphatic heterocycles. The van der Waals surface area contributed by atoms with E-state index < -0.39 is 23.9 Å². The second-order valence-electron chi connectivity index (χ2n) is 9.71. The van der Waals surface area contributed by atoms with Gasteiger partial charge in [-0.25, -0.2) is 9.69 Å². The Balaban J connectivity index is 1.29. The van der Waals surface area contributed by atoms with Crippen LogP contribution in [0.3, 0.4) is 0 Å². The van der Waals surface area contributed by atoms with Crippen molar-refractivity contribution in [3.8, 4) is 17.2 Å². The van der Waals surface area contributed by atoms with Crippen LogP contribution >= 0.6 is 0 Å². The van der Waals surface area contributed by atoms with Gasteiger partial charge in [-0.05, 0) is 105 Å². The lowest BCUT2D eigenvalue weighted by Gasteiger charge is -2.15. The van der Waals surface area contributed by atoms with Crippen LogP contribution in [0.25, 0.3) is 0 Å². The molecule has 206 valence electrons. The number of benzene rings is 4. The molecule has 2 amide bonds. The third kappa shape index (κ3) is 5.45. The van der Waals surface area contributed by atoms with Gasteiger partial charge in [0.1, 0.15) is 17.2 Å². The molecule has 5 rings (SSSR count). The lowest BCUT2D eigenvalue weighted by Crippen LogP contribution is -2.29. The van der Waals surface area contributed by atoms with Crippen molar-refractivity contribution >= 4 is 29.3 Å². The van der Waals surface area contributed by atoms with E-state index in [2.05, 4.69) is 0 Å². The van der Waals surface area contributed by atoms with Crippen LogP contribution in [0.5, 0.6) is 17.2 Å². The Hall–Kier alpha value is -5.24. The predicted octanol–water partition coefficient (Wildman–Crippen LogP) is 6.33. The van der Waals surface area contributed by atoms with Gasteiger partial charge in [-0.2, -0.15) is 0 Å². The number of rotatable bonds is 8. The van der Waals surface area contributed by atoms with Crippen LogP contribution in [0, 0.1) is 13.8 Å². The third-order valence-corrected chi connectivity index (χ3v) is 6.82. The number of ketones is 1. The number of aryl methyl sites for hydroxylation is 2. The van der Waals surface area contributed by atoms with Gasteiger partial charge >= 0.3 is 5.97 Å². The van der Waals surface area contributed by atoms with Crippen LogP contribution in [-0.4, -0.2) is 36.8 Å². The summed E-state index contributed by atoms with van der Waals surface area (Å²) in [5.41, 5.74) is 3.08. The molecule has 4 aromatic rings. The Bertz CT molecular complexity index is 1670. The van der Waals surface area contributed by atoms with E-state index in [4.69, 9.17) is 14.2 Å². The van der Waals surface area contributed by atoms with Crippen molar-refractivity contribution in [2.24, 2.45) is 0 Å². The number of ether oxygens (including phenoxy) is 3. The van der Waals surface area contributed by atoms with Gasteiger partial charge in [0.15, 0.2) is 6.10 Å². The monoisotopic (exact) mass is 549 g/mol. The van der Waals surface area contributed by atoms with E-state index in [0.29, 0.717) is 22.7 Å². The molecule has 8 nitrogen and oxygen atoms in total. The standard InChI is InChI=1S/C33H27NO7/c1-19-5-6-20(2)29(17-19)41-26-14-10-24(11-15-26)34-31(36)27-16-9-23(18-28(27)32(34)37)33(38)40-21(3)30(35)22-7-12-25(39-4)13-8-22/h5-18,21H,1-4H3. The SMILES string of the molecule is COc1ccc(C(=O)C(C)OC(=O)c2ccc3c(c2)C(=O)N(c2ccc(Oc4cc(C)ccc4C)cc2)C3=O)cc1. The van der Waals surface area contributed by atoms with Crippen LogP contribution in [0.2, 0.25) is 0 Å². The van der Waals surface area contributed by atoms with E-state index in [-0.39, 0.29) is 22.5 Å². The Morgan fingerprint density at radius 1 is 0.732 bits per heavy atom. The third-order valence-electron chi connectivity index (χ3n) is 6.82. The van der Waals surface area contributed by atoms with Crippen LogP contribution in [-0.2, 0) is 4.74 Å². The number of hydrogen-bond donors (Lipinski definition) is 0. The van der Waals surface area contributed by atoms with E-state index in [1.165, 1.54) is 32.2 Å². The molecule has 0 aromatic heterocycles. The summed E-state index contributed by atoms with van der Waals surface area (Å²) in [6, 6.07) is 23.1. The van der Waals surface area contributed by atoms with Crippen molar-refractivity contribution in [1.29, 1.82) is 0 Å². The van der Waals surface area contributed by atoms with Crippen LogP contribution in [0.1, 0.15) is 59.5 Å². The van der Waals surface area contributed by atoms with Gasteiger partial charge in [0.05, 0.1) is 29.5 Å². The number of carbonyl (C=O) groups is 4. The second-order valence-corrected chi connectivity index (χ2v) is 9.71. The topological polar surface area (TPSA) is 99.2 Å². The number of imide groups is 1. The van der Waals surface area contributed by atoms with E-state index in [1.807, 2.05) is 32.0 Å². The largest absolute Gasteiger partial charge is 0.497 e. The van der Waals surface area contributed by atoms with E-state index in [1.54, 1.807) is 48.5 Å². The Labute approximate surface area is 237 Å². The first-order chi connectivity index (χ1) is 19.7. The van der Waals surface area contributed by atoms with Gasteiger partial charge < -0.3 is 14.2 Å². The highest BCUT2D eigenvalue weighted by atomic mass is 16.5. The smallest absolute Gasteiger partial charge is 0.338 e. The number of amides is 2. The average Bonchev–Trinajstić information content (AvgIpc) is 3.23. The number of anilines is 1. The van der Waals surface area contributed by atoms with Crippen molar-refractivity contribution in [1.82, 2.24) is 0 Å². The molecule has 0 fully saturated rings. The summed E-state index contributed by atoms with van der Waals surface area (Å²) in [5, 5.41) is 0. The molecular formula is C33H27NO7. The molecular weight excluding hydrogens is 522 g/mol. The van der Waals surface area contributed by atoms with Gasteiger partial charge in [0, 0.05) is 5.56 Å². The molecule has 41 heavy (non-hydrogen) atoms. The number of Topliss-reactive ketones (excluding diaryl/α,β-unsaturated/α-hetero) is 1. The number of carbonyl (C=O) groups excluding carboxylic acids is 4. The predicted molar refractivity (Wildman–Crippen MR) is 152 cm³/mol. The zero-order valence-corrected chi connectivity index (χ0v) is 23.0. The van der Waals surface area contributed by atoms with Gasteiger partial charge in [-0.1, -0.05) is 12.1 Å². The van der Waals surface area contributed by atoms with E-state index in [9.17, 15) is 19.2 Å². The molecule has 0 saturated carbocycles.